The first-order valence-electron chi connectivity index (χ1n) is 5.75. The summed E-state index contributed by atoms with van der Waals surface area (Å²) >= 11 is 0. The molecule has 3 aromatic rings. The highest BCUT2D eigenvalue weighted by Gasteiger charge is 2.19. The predicted molar refractivity (Wildman–Crippen MR) is 70.4 cm³/mol. The fourth-order valence-electron chi connectivity index (χ4n) is 2.05. The summed E-state index contributed by atoms with van der Waals surface area (Å²) in [5, 5.41) is 18.7. The molecular weight excluding hydrogens is 262 g/mol. The van der Waals surface area contributed by atoms with Gasteiger partial charge in [-0.25, -0.2) is 4.63 Å². The number of nitrogens with zero attached hydrogens (tertiary/aromatic N) is 3. The van der Waals surface area contributed by atoms with Crippen molar-refractivity contribution < 1.29 is 14.3 Å². The number of rotatable bonds is 3. The maximum Gasteiger partial charge on any atom is 0.277 e. The minimum Gasteiger partial charge on any atom is -0.497 e. The van der Waals surface area contributed by atoms with Gasteiger partial charge in [0.05, 0.1) is 17.6 Å². The van der Waals surface area contributed by atoms with E-state index in [0.29, 0.717) is 27.9 Å². The first-order valence-corrected chi connectivity index (χ1v) is 5.75. The van der Waals surface area contributed by atoms with Gasteiger partial charge in [-0.05, 0) is 22.4 Å². The minimum absolute atomic E-state index is 0.00921. The standard InChI is InChI=1S/C13H9N3O4/c1-19-8-6-10(13-11(7-8)14-20-15-13)9-4-2-3-5-12(9)16(17)18/h2-7H,1H3. The average molecular weight is 271 g/mol. The van der Waals surface area contributed by atoms with Crippen LogP contribution in [0.5, 0.6) is 5.75 Å². The van der Waals surface area contributed by atoms with Crippen molar-refractivity contribution in [1.82, 2.24) is 10.3 Å². The molecule has 0 spiro atoms. The Labute approximate surface area is 112 Å². The topological polar surface area (TPSA) is 91.3 Å². The van der Waals surface area contributed by atoms with Crippen LogP contribution in [0.2, 0.25) is 0 Å². The SMILES string of the molecule is COc1cc(-c2ccccc2[N+](=O)[O-])c2nonc2c1. The Bertz CT molecular complexity index is 797. The summed E-state index contributed by atoms with van der Waals surface area (Å²) in [7, 11) is 1.51. The number of benzene rings is 2. The van der Waals surface area contributed by atoms with Crippen LogP contribution >= 0.6 is 0 Å². The number of nitro groups is 1. The second-order valence-corrected chi connectivity index (χ2v) is 4.08. The molecule has 20 heavy (non-hydrogen) atoms. The van der Waals surface area contributed by atoms with E-state index in [4.69, 9.17) is 9.37 Å². The lowest BCUT2D eigenvalue weighted by Gasteiger charge is -2.05. The number of nitro benzene ring substituents is 1. The molecule has 1 aromatic heterocycles. The maximum absolute atomic E-state index is 11.1. The predicted octanol–water partition coefficient (Wildman–Crippen LogP) is 2.81. The monoisotopic (exact) mass is 271 g/mol. The van der Waals surface area contributed by atoms with E-state index in [0.717, 1.165) is 0 Å². The molecule has 0 atom stereocenters. The second-order valence-electron chi connectivity index (χ2n) is 4.08. The van der Waals surface area contributed by atoms with Crippen molar-refractivity contribution >= 4 is 16.7 Å². The number of methoxy groups -OCH3 is 1. The van der Waals surface area contributed by atoms with E-state index >= 15 is 0 Å². The van der Waals surface area contributed by atoms with Crippen molar-refractivity contribution in [3.63, 3.8) is 0 Å². The quantitative estimate of drug-likeness (QED) is 0.537. The van der Waals surface area contributed by atoms with Crippen LogP contribution in [0, 0.1) is 10.1 Å². The summed E-state index contributed by atoms with van der Waals surface area (Å²) in [6.45, 7) is 0. The van der Waals surface area contributed by atoms with Crippen LogP contribution in [0.15, 0.2) is 41.0 Å². The van der Waals surface area contributed by atoms with Gasteiger partial charge in [0, 0.05) is 17.7 Å². The summed E-state index contributed by atoms with van der Waals surface area (Å²) in [6, 6.07) is 9.76. The van der Waals surface area contributed by atoms with Crippen molar-refractivity contribution in [1.29, 1.82) is 0 Å². The zero-order valence-electron chi connectivity index (χ0n) is 10.4. The molecule has 0 saturated carbocycles. The molecular formula is C13H9N3O4. The molecule has 0 aliphatic rings. The van der Waals surface area contributed by atoms with E-state index < -0.39 is 4.92 Å². The van der Waals surface area contributed by atoms with E-state index in [1.165, 1.54) is 13.2 Å². The van der Waals surface area contributed by atoms with Gasteiger partial charge in [0.1, 0.15) is 16.8 Å². The Balaban J connectivity index is 2.34. The molecule has 0 fully saturated rings. The molecule has 0 saturated heterocycles. The molecule has 0 radical (unpaired) electrons. The van der Waals surface area contributed by atoms with Gasteiger partial charge in [0.2, 0.25) is 0 Å². The zero-order chi connectivity index (χ0) is 14.1. The van der Waals surface area contributed by atoms with Gasteiger partial charge >= 0.3 is 0 Å². The van der Waals surface area contributed by atoms with Gasteiger partial charge in [0.15, 0.2) is 0 Å². The fourth-order valence-corrected chi connectivity index (χ4v) is 2.05. The largest absolute Gasteiger partial charge is 0.497 e. The normalized spacial score (nSPS) is 10.7. The van der Waals surface area contributed by atoms with Crippen molar-refractivity contribution in [2.45, 2.75) is 0 Å². The lowest BCUT2D eigenvalue weighted by atomic mass is 10.0. The Hall–Kier alpha value is -2.96. The number of fused-ring (bicyclic) bond motifs is 1. The molecule has 1 heterocycles. The molecule has 0 aliphatic heterocycles. The second kappa shape index (κ2) is 4.61. The van der Waals surface area contributed by atoms with Crippen molar-refractivity contribution in [2.75, 3.05) is 7.11 Å². The van der Waals surface area contributed by atoms with Gasteiger partial charge in [0.25, 0.3) is 5.69 Å². The zero-order valence-corrected chi connectivity index (χ0v) is 10.4. The minimum atomic E-state index is -0.436. The van der Waals surface area contributed by atoms with Crippen LogP contribution in [0.25, 0.3) is 22.2 Å². The molecule has 0 N–H and O–H groups in total. The first-order chi connectivity index (χ1) is 9.70. The number of hydrogen-bond acceptors (Lipinski definition) is 6. The van der Waals surface area contributed by atoms with Crippen LogP contribution in [0.1, 0.15) is 0 Å². The molecule has 0 aliphatic carbocycles. The number of hydrogen-bond donors (Lipinski definition) is 0. The Kier molecular flexibility index (Phi) is 2.79. The average Bonchev–Trinajstić information content (AvgIpc) is 2.94. The van der Waals surface area contributed by atoms with Gasteiger partial charge in [-0.1, -0.05) is 12.1 Å². The number of aromatic nitrogens is 2. The van der Waals surface area contributed by atoms with Crippen LogP contribution < -0.4 is 4.74 Å². The summed E-state index contributed by atoms with van der Waals surface area (Å²) in [6.07, 6.45) is 0. The van der Waals surface area contributed by atoms with Gasteiger partial charge in [-0.2, -0.15) is 0 Å². The summed E-state index contributed by atoms with van der Waals surface area (Å²) in [4.78, 5) is 10.7. The smallest absolute Gasteiger partial charge is 0.277 e. The lowest BCUT2D eigenvalue weighted by Crippen LogP contribution is -1.93. The first kappa shape index (κ1) is 12.1. The van der Waals surface area contributed by atoms with E-state index in [2.05, 4.69) is 10.3 Å². The van der Waals surface area contributed by atoms with E-state index in [1.54, 1.807) is 30.3 Å². The summed E-state index contributed by atoms with van der Waals surface area (Å²) in [5.74, 6) is 0.529. The third-order valence-corrected chi connectivity index (χ3v) is 2.96. The highest BCUT2D eigenvalue weighted by molar-refractivity contribution is 5.94. The number of para-hydroxylation sites is 1. The summed E-state index contributed by atoms with van der Waals surface area (Å²) < 4.78 is 9.88. The molecule has 7 nitrogen and oxygen atoms in total. The molecule has 0 unspecified atom stereocenters. The van der Waals surface area contributed by atoms with E-state index in [9.17, 15) is 10.1 Å². The van der Waals surface area contributed by atoms with Crippen molar-refractivity contribution in [2.24, 2.45) is 0 Å². The Morgan fingerprint density at radius 2 is 2.00 bits per heavy atom. The third-order valence-electron chi connectivity index (χ3n) is 2.96. The molecule has 7 heteroatoms. The highest BCUT2D eigenvalue weighted by atomic mass is 16.6. The van der Waals surface area contributed by atoms with E-state index in [1.807, 2.05) is 0 Å². The molecule has 0 bridgehead atoms. The molecule has 2 aromatic carbocycles. The van der Waals surface area contributed by atoms with Crippen molar-refractivity contribution in [3.05, 3.63) is 46.5 Å². The van der Waals surface area contributed by atoms with Crippen LogP contribution in [-0.4, -0.2) is 22.3 Å². The molecule has 100 valence electrons. The highest BCUT2D eigenvalue weighted by Crippen LogP contribution is 2.36. The third kappa shape index (κ3) is 1.85. The fraction of sp³-hybridized carbons (Fsp3) is 0.0769. The van der Waals surface area contributed by atoms with Gasteiger partial charge in [-0.15, -0.1) is 0 Å². The van der Waals surface area contributed by atoms with Crippen molar-refractivity contribution in [3.8, 4) is 16.9 Å². The maximum atomic E-state index is 11.1. The number of ether oxygens (including phenoxy) is 1. The van der Waals surface area contributed by atoms with E-state index in [-0.39, 0.29) is 5.69 Å². The molecule has 0 amide bonds. The van der Waals surface area contributed by atoms with Crippen LogP contribution in [-0.2, 0) is 0 Å². The lowest BCUT2D eigenvalue weighted by molar-refractivity contribution is -0.384. The van der Waals surface area contributed by atoms with Crippen LogP contribution in [0.4, 0.5) is 5.69 Å². The van der Waals surface area contributed by atoms with Crippen LogP contribution in [0.3, 0.4) is 0 Å². The Morgan fingerprint density at radius 3 is 2.75 bits per heavy atom. The Morgan fingerprint density at radius 1 is 1.20 bits per heavy atom. The summed E-state index contributed by atoms with van der Waals surface area (Å²) in [5.41, 5.74) is 1.92. The van der Waals surface area contributed by atoms with Gasteiger partial charge < -0.3 is 4.74 Å². The molecule has 3 rings (SSSR count). The van der Waals surface area contributed by atoms with Gasteiger partial charge in [-0.3, -0.25) is 10.1 Å².